The van der Waals surface area contributed by atoms with Crippen molar-refractivity contribution in [1.29, 1.82) is 5.26 Å². The molecule has 2 unspecified atom stereocenters. The van der Waals surface area contributed by atoms with Crippen LogP contribution in [-0.2, 0) is 4.74 Å². The quantitative estimate of drug-likeness (QED) is 0.619. The standard InChI is InChI=1S/C25H29N7O2/c1-16-8-9-27-25(29-16)30-18-2-4-20(5-3-18)34-23-10-19(13-32-24(23)17(11-26)12-28-32)31-14-21-6-7-22(15-31)33-21/h8-10,12-13,18,20-22H,2-7,14-15H2,1H3,(H,27,29,30). The predicted octanol–water partition coefficient (Wildman–Crippen LogP) is 3.47. The van der Waals surface area contributed by atoms with E-state index in [4.69, 9.17) is 9.47 Å². The highest BCUT2D eigenvalue weighted by atomic mass is 16.5. The summed E-state index contributed by atoms with van der Waals surface area (Å²) in [5.41, 5.74) is 3.31. The molecule has 0 radical (unpaired) electrons. The molecule has 3 aliphatic rings. The van der Waals surface area contributed by atoms with Crippen molar-refractivity contribution in [3.8, 4) is 11.8 Å². The Morgan fingerprint density at radius 3 is 2.68 bits per heavy atom. The molecule has 3 aromatic rings. The number of hydrogen-bond acceptors (Lipinski definition) is 8. The third-order valence-electron chi connectivity index (χ3n) is 7.19. The zero-order chi connectivity index (χ0) is 23.1. The summed E-state index contributed by atoms with van der Waals surface area (Å²) >= 11 is 0. The number of ether oxygens (including phenoxy) is 2. The first-order valence-corrected chi connectivity index (χ1v) is 12.2. The Morgan fingerprint density at radius 1 is 1.15 bits per heavy atom. The topological polar surface area (TPSA) is 101 Å². The highest BCUT2D eigenvalue weighted by Gasteiger charge is 2.34. The van der Waals surface area contributed by atoms with Crippen LogP contribution in [0.4, 0.5) is 11.6 Å². The van der Waals surface area contributed by atoms with Crippen molar-refractivity contribution >= 4 is 17.2 Å². The summed E-state index contributed by atoms with van der Waals surface area (Å²) in [6, 6.07) is 6.60. The van der Waals surface area contributed by atoms with Crippen LogP contribution < -0.4 is 15.0 Å². The summed E-state index contributed by atoms with van der Waals surface area (Å²) in [4.78, 5) is 11.2. The first-order valence-electron chi connectivity index (χ1n) is 12.2. The molecular formula is C25H29N7O2. The summed E-state index contributed by atoms with van der Waals surface area (Å²) in [5.74, 6) is 1.43. The molecule has 1 aliphatic carbocycles. The molecule has 2 atom stereocenters. The van der Waals surface area contributed by atoms with Gasteiger partial charge in [-0.3, -0.25) is 0 Å². The molecule has 0 spiro atoms. The van der Waals surface area contributed by atoms with Gasteiger partial charge in [0.05, 0.1) is 36.4 Å². The summed E-state index contributed by atoms with van der Waals surface area (Å²) in [7, 11) is 0. The number of nitrogens with zero attached hydrogens (tertiary/aromatic N) is 6. The van der Waals surface area contributed by atoms with Crippen molar-refractivity contribution in [2.45, 2.75) is 69.8 Å². The lowest BCUT2D eigenvalue weighted by Crippen LogP contribution is -2.42. The van der Waals surface area contributed by atoms with E-state index in [-0.39, 0.29) is 6.10 Å². The van der Waals surface area contributed by atoms with Gasteiger partial charge in [0, 0.05) is 37.1 Å². The van der Waals surface area contributed by atoms with Crippen molar-refractivity contribution in [2.24, 2.45) is 0 Å². The van der Waals surface area contributed by atoms with Crippen LogP contribution in [0.5, 0.6) is 5.75 Å². The lowest BCUT2D eigenvalue weighted by Gasteiger charge is -2.34. The fourth-order valence-electron chi connectivity index (χ4n) is 5.45. The van der Waals surface area contributed by atoms with Gasteiger partial charge in [-0.1, -0.05) is 0 Å². The molecule has 176 valence electrons. The van der Waals surface area contributed by atoms with Crippen LogP contribution in [0.3, 0.4) is 0 Å². The SMILES string of the molecule is Cc1ccnc(NC2CCC(Oc3cc(N4CC5CCC(C4)O5)cn4ncc(C#N)c34)CC2)n1. The molecule has 34 heavy (non-hydrogen) atoms. The molecule has 1 N–H and O–H groups in total. The zero-order valence-electron chi connectivity index (χ0n) is 19.4. The van der Waals surface area contributed by atoms with E-state index in [1.807, 2.05) is 19.2 Å². The Hall–Kier alpha value is -3.38. The van der Waals surface area contributed by atoms with E-state index in [0.717, 1.165) is 74.3 Å². The Kier molecular flexibility index (Phi) is 5.46. The predicted molar refractivity (Wildman–Crippen MR) is 127 cm³/mol. The number of anilines is 2. The largest absolute Gasteiger partial charge is 0.488 e. The zero-order valence-corrected chi connectivity index (χ0v) is 19.4. The van der Waals surface area contributed by atoms with Crippen molar-refractivity contribution in [1.82, 2.24) is 19.6 Å². The molecule has 2 saturated heterocycles. The molecule has 2 bridgehead atoms. The number of rotatable bonds is 5. The summed E-state index contributed by atoms with van der Waals surface area (Å²) in [6.45, 7) is 3.73. The number of aromatic nitrogens is 4. The molecule has 9 heteroatoms. The molecule has 1 saturated carbocycles. The second-order valence-corrected chi connectivity index (χ2v) is 9.65. The van der Waals surface area contributed by atoms with E-state index in [1.54, 1.807) is 16.9 Å². The van der Waals surface area contributed by atoms with E-state index in [9.17, 15) is 5.26 Å². The number of nitriles is 1. The van der Waals surface area contributed by atoms with Gasteiger partial charge >= 0.3 is 0 Å². The molecule has 3 fully saturated rings. The van der Waals surface area contributed by atoms with Crippen LogP contribution in [-0.4, -0.2) is 57.0 Å². The minimum atomic E-state index is 0.0952. The van der Waals surface area contributed by atoms with Gasteiger partial charge in [-0.05, 0) is 51.5 Å². The molecule has 2 aliphatic heterocycles. The summed E-state index contributed by atoms with van der Waals surface area (Å²) < 4.78 is 14.4. The summed E-state index contributed by atoms with van der Waals surface area (Å²) in [5, 5.41) is 17.6. The first-order chi connectivity index (χ1) is 16.6. The minimum absolute atomic E-state index is 0.0952. The van der Waals surface area contributed by atoms with Gasteiger partial charge in [0.1, 0.15) is 22.9 Å². The molecule has 0 aromatic carbocycles. The molecule has 9 nitrogen and oxygen atoms in total. The number of morpholine rings is 1. The smallest absolute Gasteiger partial charge is 0.223 e. The third kappa shape index (κ3) is 4.14. The minimum Gasteiger partial charge on any atom is -0.488 e. The second kappa shape index (κ2) is 8.76. The molecule has 6 rings (SSSR count). The third-order valence-corrected chi connectivity index (χ3v) is 7.19. The van der Waals surface area contributed by atoms with Crippen LogP contribution in [0, 0.1) is 18.3 Å². The molecule has 3 aromatic heterocycles. The van der Waals surface area contributed by atoms with Crippen molar-refractivity contribution in [2.75, 3.05) is 23.3 Å². The summed E-state index contributed by atoms with van der Waals surface area (Å²) in [6.07, 6.45) is 12.2. The number of pyridine rings is 1. The fraction of sp³-hybridized carbons (Fsp3) is 0.520. The monoisotopic (exact) mass is 459 g/mol. The maximum Gasteiger partial charge on any atom is 0.223 e. The Bertz CT molecular complexity index is 1220. The van der Waals surface area contributed by atoms with Crippen LogP contribution in [0.2, 0.25) is 0 Å². The van der Waals surface area contributed by atoms with Crippen molar-refractivity contribution in [3.63, 3.8) is 0 Å². The van der Waals surface area contributed by atoms with Gasteiger partial charge < -0.3 is 19.7 Å². The highest BCUT2D eigenvalue weighted by molar-refractivity contribution is 5.72. The normalized spacial score (nSPS) is 26.4. The Labute approximate surface area is 198 Å². The molecular weight excluding hydrogens is 430 g/mol. The van der Waals surface area contributed by atoms with Crippen LogP contribution >= 0.6 is 0 Å². The maximum atomic E-state index is 9.64. The number of fused-ring (bicyclic) bond motifs is 3. The van der Waals surface area contributed by atoms with Gasteiger partial charge in [0.25, 0.3) is 0 Å². The van der Waals surface area contributed by atoms with Crippen LogP contribution in [0.1, 0.15) is 49.8 Å². The van der Waals surface area contributed by atoms with Gasteiger partial charge in [-0.2, -0.15) is 10.4 Å². The highest BCUT2D eigenvalue weighted by Crippen LogP contribution is 2.35. The first kappa shape index (κ1) is 21.2. The van der Waals surface area contributed by atoms with Gasteiger partial charge in [0.2, 0.25) is 5.95 Å². The lowest BCUT2D eigenvalue weighted by molar-refractivity contribution is 0.0304. The number of hydrogen-bond donors (Lipinski definition) is 1. The van der Waals surface area contributed by atoms with Crippen LogP contribution in [0.15, 0.2) is 30.7 Å². The average Bonchev–Trinajstić information content (AvgIpc) is 3.42. The van der Waals surface area contributed by atoms with Gasteiger partial charge in [-0.25, -0.2) is 14.5 Å². The van der Waals surface area contributed by atoms with Gasteiger partial charge in [-0.15, -0.1) is 0 Å². The average molecular weight is 460 g/mol. The number of nitrogens with one attached hydrogen (secondary N) is 1. The lowest BCUT2D eigenvalue weighted by atomic mass is 9.93. The molecule has 0 amide bonds. The fourth-order valence-corrected chi connectivity index (χ4v) is 5.45. The Morgan fingerprint density at radius 2 is 1.94 bits per heavy atom. The molecule has 5 heterocycles. The number of aryl methyl sites for hydroxylation is 1. The van der Waals surface area contributed by atoms with E-state index >= 15 is 0 Å². The van der Waals surface area contributed by atoms with Gasteiger partial charge in [0.15, 0.2) is 0 Å². The van der Waals surface area contributed by atoms with E-state index in [2.05, 4.69) is 37.4 Å². The van der Waals surface area contributed by atoms with Crippen molar-refractivity contribution < 1.29 is 9.47 Å². The second-order valence-electron chi connectivity index (χ2n) is 9.65. The van der Waals surface area contributed by atoms with E-state index in [1.165, 1.54) is 0 Å². The van der Waals surface area contributed by atoms with Crippen LogP contribution in [0.25, 0.3) is 5.52 Å². The van der Waals surface area contributed by atoms with E-state index in [0.29, 0.717) is 29.8 Å². The Balaban J connectivity index is 1.19. The van der Waals surface area contributed by atoms with Crippen molar-refractivity contribution in [3.05, 3.63) is 42.0 Å². The van der Waals surface area contributed by atoms with E-state index < -0.39 is 0 Å². The maximum absolute atomic E-state index is 9.64.